The Morgan fingerprint density at radius 3 is 2.36 bits per heavy atom. The van der Waals surface area contributed by atoms with Crippen LogP contribution in [0.25, 0.3) is 0 Å². The Hall–Kier alpha value is -2.57. The average molecular weight is 305 g/mol. The molecule has 0 aromatic heterocycles. The first-order chi connectivity index (χ1) is 10.6. The Kier molecular flexibility index (Phi) is 5.35. The van der Waals surface area contributed by atoms with Gasteiger partial charge in [0.05, 0.1) is 12.2 Å². The van der Waals surface area contributed by atoms with Gasteiger partial charge in [0, 0.05) is 31.9 Å². The zero-order valence-corrected chi connectivity index (χ0v) is 12.4. The number of nitrogens with one attached hydrogen (secondary N) is 1. The molecule has 1 aliphatic rings. The predicted octanol–water partition coefficient (Wildman–Crippen LogP) is 1.17. The summed E-state index contributed by atoms with van der Waals surface area (Å²) in [7, 11) is 0. The molecule has 1 heterocycles. The Morgan fingerprint density at radius 1 is 1.18 bits per heavy atom. The average Bonchev–Trinajstić information content (AvgIpc) is 2.55. The van der Waals surface area contributed by atoms with Crippen LogP contribution in [0.3, 0.4) is 0 Å². The van der Waals surface area contributed by atoms with Gasteiger partial charge in [0.15, 0.2) is 0 Å². The van der Waals surface area contributed by atoms with Gasteiger partial charge in [-0.2, -0.15) is 0 Å². The third-order valence-electron chi connectivity index (χ3n) is 3.40. The number of anilines is 1. The number of benzene rings is 1. The van der Waals surface area contributed by atoms with Crippen LogP contribution in [0.1, 0.15) is 17.3 Å². The molecule has 0 bridgehead atoms. The lowest BCUT2D eigenvalue weighted by atomic mass is 10.2. The predicted molar refractivity (Wildman–Crippen MR) is 80.6 cm³/mol. The highest BCUT2D eigenvalue weighted by molar-refractivity contribution is 5.92. The number of ether oxygens (including phenoxy) is 1. The highest BCUT2D eigenvalue weighted by atomic mass is 16.5. The first-order valence-electron chi connectivity index (χ1n) is 7.16. The number of hydrogen-bond acceptors (Lipinski definition) is 4. The van der Waals surface area contributed by atoms with E-state index in [4.69, 9.17) is 4.74 Å². The van der Waals surface area contributed by atoms with Crippen LogP contribution in [0.2, 0.25) is 0 Å². The van der Waals surface area contributed by atoms with Crippen molar-refractivity contribution in [3.8, 4) is 0 Å². The lowest BCUT2D eigenvalue weighted by molar-refractivity contribution is -0.119. The van der Waals surface area contributed by atoms with Crippen molar-refractivity contribution in [3.63, 3.8) is 0 Å². The van der Waals surface area contributed by atoms with Crippen molar-refractivity contribution in [2.75, 3.05) is 38.1 Å². The van der Waals surface area contributed by atoms with Gasteiger partial charge in [0.1, 0.15) is 0 Å². The van der Waals surface area contributed by atoms with Gasteiger partial charge in [-0.3, -0.25) is 4.79 Å². The number of hydrogen-bond donors (Lipinski definition) is 1. The summed E-state index contributed by atoms with van der Waals surface area (Å²) in [6, 6.07) is 6.32. The maximum absolute atomic E-state index is 12.1. The van der Waals surface area contributed by atoms with Crippen molar-refractivity contribution >= 4 is 24.1 Å². The van der Waals surface area contributed by atoms with Crippen LogP contribution >= 0.6 is 0 Å². The SMILES string of the molecule is CCOC(=O)c1ccc(NC(=O)N2CCN(C=O)CC2)cc1. The second kappa shape index (κ2) is 7.44. The zero-order valence-electron chi connectivity index (χ0n) is 12.4. The minimum atomic E-state index is -0.384. The fourth-order valence-electron chi connectivity index (χ4n) is 2.14. The van der Waals surface area contributed by atoms with Gasteiger partial charge in [-0.15, -0.1) is 0 Å². The monoisotopic (exact) mass is 305 g/mol. The summed E-state index contributed by atoms with van der Waals surface area (Å²) in [5.41, 5.74) is 1.05. The maximum atomic E-state index is 12.1. The second-order valence-electron chi connectivity index (χ2n) is 4.86. The molecule has 1 fully saturated rings. The van der Waals surface area contributed by atoms with Gasteiger partial charge in [0.2, 0.25) is 6.41 Å². The third-order valence-corrected chi connectivity index (χ3v) is 3.40. The standard InChI is InChI=1S/C15H19N3O4/c1-2-22-14(20)12-3-5-13(6-4-12)16-15(21)18-9-7-17(11-19)8-10-18/h3-6,11H,2,7-10H2,1H3,(H,16,21). The molecule has 22 heavy (non-hydrogen) atoms. The lowest BCUT2D eigenvalue weighted by Gasteiger charge is -2.32. The highest BCUT2D eigenvalue weighted by Gasteiger charge is 2.20. The first-order valence-corrected chi connectivity index (χ1v) is 7.16. The van der Waals surface area contributed by atoms with Gasteiger partial charge in [0.25, 0.3) is 0 Å². The number of urea groups is 1. The molecule has 1 aliphatic heterocycles. The molecule has 3 amide bonds. The van der Waals surface area contributed by atoms with Crippen LogP contribution in [-0.4, -0.2) is 61.0 Å². The van der Waals surface area contributed by atoms with Crippen LogP contribution in [-0.2, 0) is 9.53 Å². The summed E-state index contributed by atoms with van der Waals surface area (Å²) in [6.07, 6.45) is 0.795. The highest BCUT2D eigenvalue weighted by Crippen LogP contribution is 2.12. The van der Waals surface area contributed by atoms with E-state index in [-0.39, 0.29) is 12.0 Å². The summed E-state index contributed by atoms with van der Waals surface area (Å²) in [6.45, 7) is 4.16. The van der Waals surface area contributed by atoms with Crippen LogP contribution in [0.4, 0.5) is 10.5 Å². The van der Waals surface area contributed by atoms with Crippen LogP contribution < -0.4 is 5.32 Å². The van der Waals surface area contributed by atoms with Gasteiger partial charge >= 0.3 is 12.0 Å². The first kappa shape index (κ1) is 15.8. The van der Waals surface area contributed by atoms with E-state index >= 15 is 0 Å². The molecule has 2 rings (SSSR count). The molecular weight excluding hydrogens is 286 g/mol. The van der Waals surface area contributed by atoms with Crippen molar-refractivity contribution in [3.05, 3.63) is 29.8 Å². The van der Waals surface area contributed by atoms with E-state index in [9.17, 15) is 14.4 Å². The quantitative estimate of drug-likeness (QED) is 0.669. The van der Waals surface area contributed by atoms with Crippen molar-refractivity contribution in [2.45, 2.75) is 6.92 Å². The van der Waals surface area contributed by atoms with Crippen LogP contribution in [0.15, 0.2) is 24.3 Å². The van der Waals surface area contributed by atoms with E-state index in [0.717, 1.165) is 6.41 Å². The minimum absolute atomic E-state index is 0.213. The number of amides is 3. The smallest absolute Gasteiger partial charge is 0.338 e. The minimum Gasteiger partial charge on any atom is -0.462 e. The van der Waals surface area contributed by atoms with E-state index in [1.165, 1.54) is 0 Å². The molecule has 0 atom stereocenters. The van der Waals surface area contributed by atoms with Crippen molar-refractivity contribution in [1.82, 2.24) is 9.80 Å². The van der Waals surface area contributed by atoms with Gasteiger partial charge in [-0.05, 0) is 31.2 Å². The molecule has 7 heteroatoms. The van der Waals surface area contributed by atoms with Crippen LogP contribution in [0.5, 0.6) is 0 Å². The molecule has 1 saturated heterocycles. The maximum Gasteiger partial charge on any atom is 0.338 e. The van der Waals surface area contributed by atoms with E-state index in [0.29, 0.717) is 44.0 Å². The van der Waals surface area contributed by atoms with E-state index in [2.05, 4.69) is 5.32 Å². The lowest BCUT2D eigenvalue weighted by Crippen LogP contribution is -2.49. The largest absolute Gasteiger partial charge is 0.462 e. The Morgan fingerprint density at radius 2 is 1.82 bits per heavy atom. The summed E-state index contributed by atoms with van der Waals surface area (Å²) in [5.74, 6) is -0.384. The molecule has 0 saturated carbocycles. The van der Waals surface area contributed by atoms with Crippen molar-refractivity contribution < 1.29 is 19.1 Å². The van der Waals surface area contributed by atoms with E-state index in [1.54, 1.807) is 41.0 Å². The molecule has 0 unspecified atom stereocenters. The Balaban J connectivity index is 1.89. The van der Waals surface area contributed by atoms with Gasteiger partial charge < -0.3 is 19.9 Å². The number of carbonyl (C=O) groups is 3. The number of piperazine rings is 1. The summed E-state index contributed by atoms with van der Waals surface area (Å²) in [5, 5.41) is 2.77. The molecule has 0 aliphatic carbocycles. The number of nitrogens with zero attached hydrogens (tertiary/aromatic N) is 2. The van der Waals surface area contributed by atoms with Crippen LogP contribution in [0, 0.1) is 0 Å². The topological polar surface area (TPSA) is 79.0 Å². The summed E-state index contributed by atoms with van der Waals surface area (Å²) < 4.78 is 4.90. The van der Waals surface area contributed by atoms with Gasteiger partial charge in [-0.25, -0.2) is 9.59 Å². The van der Waals surface area contributed by atoms with Gasteiger partial charge in [-0.1, -0.05) is 0 Å². The fraction of sp³-hybridized carbons (Fsp3) is 0.400. The van der Waals surface area contributed by atoms with Crippen molar-refractivity contribution in [2.24, 2.45) is 0 Å². The molecule has 0 spiro atoms. The Labute approximate surface area is 128 Å². The molecule has 1 aromatic carbocycles. The zero-order chi connectivity index (χ0) is 15.9. The number of carbonyl (C=O) groups excluding carboxylic acids is 3. The molecule has 1 aromatic rings. The second-order valence-corrected chi connectivity index (χ2v) is 4.86. The van der Waals surface area contributed by atoms with E-state index in [1.807, 2.05) is 0 Å². The number of esters is 1. The summed E-state index contributed by atoms with van der Waals surface area (Å²) in [4.78, 5) is 37.6. The Bertz CT molecular complexity index is 536. The number of rotatable bonds is 4. The third kappa shape index (κ3) is 3.97. The molecule has 0 radical (unpaired) electrons. The van der Waals surface area contributed by atoms with Crippen molar-refractivity contribution in [1.29, 1.82) is 0 Å². The van der Waals surface area contributed by atoms with E-state index < -0.39 is 0 Å². The fourth-order valence-corrected chi connectivity index (χ4v) is 2.14. The molecule has 1 N–H and O–H groups in total. The summed E-state index contributed by atoms with van der Waals surface area (Å²) >= 11 is 0. The normalized spacial score (nSPS) is 14.4. The molecule has 118 valence electrons. The molecule has 7 nitrogen and oxygen atoms in total. The molecular formula is C15H19N3O4.